The van der Waals surface area contributed by atoms with Crippen molar-refractivity contribution in [3.05, 3.63) is 53.1 Å². The fourth-order valence-electron chi connectivity index (χ4n) is 6.48. The molecule has 3 aliphatic heterocycles. The van der Waals surface area contributed by atoms with Gasteiger partial charge in [-0.2, -0.15) is 10.4 Å². The van der Waals surface area contributed by atoms with Crippen LogP contribution < -0.4 is 14.5 Å². The zero-order chi connectivity index (χ0) is 28.7. The van der Waals surface area contributed by atoms with Crippen molar-refractivity contribution in [3.8, 4) is 11.9 Å². The molecule has 0 aliphatic carbocycles. The Morgan fingerprint density at radius 1 is 1.20 bits per heavy atom. The molecule has 1 aromatic carbocycles. The number of carbonyl (C=O) groups is 1. The maximum Gasteiger partial charge on any atom is 0.282 e. The molecule has 6 rings (SSSR count). The molecule has 2 fully saturated rings. The second-order valence-electron chi connectivity index (χ2n) is 11.2. The molecule has 2 saturated heterocycles. The number of halogens is 1. The topological polar surface area (TPSA) is 105 Å². The lowest BCUT2D eigenvalue weighted by atomic mass is 9.97. The number of amides is 1. The van der Waals surface area contributed by atoms with E-state index in [-0.39, 0.29) is 6.04 Å². The molecule has 1 unspecified atom stereocenters. The summed E-state index contributed by atoms with van der Waals surface area (Å²) in [5.74, 6) is -1.27. The monoisotopic (exact) mass is 558 g/mol. The number of H-pyrrole nitrogens is 1. The number of likely N-dealkylation sites (N-methyl/N-ethyl adjacent to an activating group) is 1. The van der Waals surface area contributed by atoms with Crippen LogP contribution in [0.3, 0.4) is 0 Å². The summed E-state index contributed by atoms with van der Waals surface area (Å²) in [6.45, 7) is 9.74. The third-order valence-electron chi connectivity index (χ3n) is 8.72. The summed E-state index contributed by atoms with van der Waals surface area (Å²) < 4.78 is 19.9. The van der Waals surface area contributed by atoms with Crippen LogP contribution in [-0.4, -0.2) is 89.9 Å². The van der Waals surface area contributed by atoms with E-state index in [2.05, 4.69) is 57.6 Å². The van der Waals surface area contributed by atoms with Gasteiger partial charge in [0.1, 0.15) is 18.2 Å². The van der Waals surface area contributed by atoms with Crippen molar-refractivity contribution in [2.75, 3.05) is 62.7 Å². The number of likely N-dealkylation sites (tertiary alicyclic amines) is 1. The van der Waals surface area contributed by atoms with Crippen molar-refractivity contribution in [2.24, 2.45) is 0 Å². The van der Waals surface area contributed by atoms with Gasteiger partial charge < -0.3 is 24.3 Å². The van der Waals surface area contributed by atoms with Gasteiger partial charge in [-0.1, -0.05) is 12.6 Å². The molecule has 0 spiro atoms. The van der Waals surface area contributed by atoms with Crippen LogP contribution in [0.5, 0.6) is 5.88 Å². The number of carbonyl (C=O) groups excluding carboxylic acids is 1. The number of piperazine rings is 1. The first-order valence-corrected chi connectivity index (χ1v) is 14.2. The summed E-state index contributed by atoms with van der Waals surface area (Å²) in [6.07, 6.45) is 4.74. The molecule has 10 nitrogen and oxygen atoms in total. The van der Waals surface area contributed by atoms with Crippen LogP contribution in [0.25, 0.3) is 10.9 Å². The largest absolute Gasteiger partial charge is 0.475 e. The molecular formula is C30H35FN8O2. The molecule has 5 heterocycles. The molecular weight excluding hydrogens is 523 g/mol. The van der Waals surface area contributed by atoms with Gasteiger partial charge in [-0.25, -0.2) is 9.37 Å². The minimum atomic E-state index is -0.951. The Bertz CT molecular complexity index is 1540. The summed E-state index contributed by atoms with van der Waals surface area (Å²) in [5.41, 5.74) is 6.45. The van der Waals surface area contributed by atoms with Crippen LogP contribution in [0.1, 0.15) is 35.2 Å². The highest BCUT2D eigenvalue weighted by molar-refractivity contribution is 5.93. The van der Waals surface area contributed by atoms with Crippen LogP contribution in [0.2, 0.25) is 0 Å². The Kier molecular flexibility index (Phi) is 7.26. The molecule has 11 heteroatoms. The molecule has 3 aromatic rings. The first-order valence-electron chi connectivity index (χ1n) is 14.2. The highest BCUT2D eigenvalue weighted by Gasteiger charge is 2.33. The second kappa shape index (κ2) is 11.0. The standard InChI is InChI=1S/C30H35FN8O2/c1-19-6-7-25-24(16-33-35-25)27(19)39-10-8-22-26(17-39)34-29(41-18-21-5-4-9-36(21)3)23(15-32)28(22)37-11-13-38(14-12-37)30(40)20(2)31/h6-7,16,21H,2,4-5,8-14,17-18H2,1,3H3,(H,33,35). The molecule has 3 aliphatic rings. The Morgan fingerprint density at radius 2 is 2.00 bits per heavy atom. The van der Waals surface area contributed by atoms with Crippen molar-refractivity contribution < 1.29 is 13.9 Å². The van der Waals surface area contributed by atoms with Crippen molar-refractivity contribution in [1.29, 1.82) is 5.26 Å². The highest BCUT2D eigenvalue weighted by Crippen LogP contribution is 2.39. The maximum absolute atomic E-state index is 13.5. The number of benzene rings is 1. The van der Waals surface area contributed by atoms with Gasteiger partial charge in [-0.05, 0) is 51.4 Å². The number of hydrogen-bond acceptors (Lipinski definition) is 8. The van der Waals surface area contributed by atoms with Gasteiger partial charge in [-0.15, -0.1) is 0 Å². The quantitative estimate of drug-likeness (QED) is 0.460. The van der Waals surface area contributed by atoms with E-state index in [9.17, 15) is 14.4 Å². The lowest BCUT2D eigenvalue weighted by Gasteiger charge is -2.39. The summed E-state index contributed by atoms with van der Waals surface area (Å²) >= 11 is 0. The van der Waals surface area contributed by atoms with E-state index in [0.717, 1.165) is 65.0 Å². The minimum absolute atomic E-state index is 0.282. The van der Waals surface area contributed by atoms with Gasteiger partial charge in [0.15, 0.2) is 5.83 Å². The lowest BCUT2D eigenvalue weighted by Crippen LogP contribution is -2.49. The van der Waals surface area contributed by atoms with E-state index in [1.54, 1.807) is 0 Å². The van der Waals surface area contributed by atoms with Crippen LogP contribution >= 0.6 is 0 Å². The fraction of sp³-hybridized carbons (Fsp3) is 0.467. The molecule has 2 aromatic heterocycles. The van der Waals surface area contributed by atoms with E-state index in [1.165, 1.54) is 4.90 Å². The van der Waals surface area contributed by atoms with Crippen molar-refractivity contribution >= 4 is 28.2 Å². The highest BCUT2D eigenvalue weighted by atomic mass is 19.1. The number of anilines is 2. The van der Waals surface area contributed by atoms with E-state index in [0.29, 0.717) is 57.2 Å². The smallest absolute Gasteiger partial charge is 0.282 e. The minimum Gasteiger partial charge on any atom is -0.475 e. The number of rotatable bonds is 6. The van der Waals surface area contributed by atoms with Crippen molar-refractivity contribution in [3.63, 3.8) is 0 Å². The zero-order valence-corrected chi connectivity index (χ0v) is 23.6. The third-order valence-corrected chi connectivity index (χ3v) is 8.72. The number of nitrogens with zero attached hydrogens (tertiary/aromatic N) is 7. The van der Waals surface area contributed by atoms with Crippen molar-refractivity contribution in [2.45, 2.75) is 38.8 Å². The second-order valence-corrected chi connectivity index (χ2v) is 11.2. The summed E-state index contributed by atoms with van der Waals surface area (Å²) in [4.78, 5) is 25.4. The molecule has 0 radical (unpaired) electrons. The number of nitriles is 1. The van der Waals surface area contributed by atoms with Crippen molar-refractivity contribution in [1.82, 2.24) is 25.0 Å². The van der Waals surface area contributed by atoms with E-state index >= 15 is 0 Å². The Labute approximate surface area is 239 Å². The van der Waals surface area contributed by atoms with E-state index in [1.807, 2.05) is 12.3 Å². The molecule has 1 N–H and O–H groups in total. The molecule has 214 valence electrons. The van der Waals surface area contributed by atoms with Crippen LogP contribution in [0.4, 0.5) is 15.8 Å². The Balaban J connectivity index is 1.36. The van der Waals surface area contributed by atoms with Gasteiger partial charge in [-0.3, -0.25) is 9.89 Å². The lowest BCUT2D eigenvalue weighted by molar-refractivity contribution is -0.128. The number of hydrogen-bond donors (Lipinski definition) is 1. The van der Waals surface area contributed by atoms with E-state index in [4.69, 9.17) is 9.72 Å². The number of aryl methyl sites for hydroxylation is 1. The first-order chi connectivity index (χ1) is 19.9. The first kappa shape index (κ1) is 27.0. The van der Waals surface area contributed by atoms with Crippen LogP contribution in [0.15, 0.2) is 30.7 Å². The predicted molar refractivity (Wildman–Crippen MR) is 155 cm³/mol. The average Bonchev–Trinajstić information content (AvgIpc) is 3.63. The SMILES string of the molecule is C=C(F)C(=O)N1CCN(c2c(C#N)c(OCC3CCCN3C)nc3c2CCN(c2c(C)ccc4[nH]ncc24)C3)CC1. The van der Waals surface area contributed by atoms with E-state index < -0.39 is 11.7 Å². The van der Waals surface area contributed by atoms with Gasteiger partial charge >= 0.3 is 0 Å². The Hall–Kier alpha value is -4.17. The molecule has 1 atom stereocenters. The summed E-state index contributed by atoms with van der Waals surface area (Å²) in [6, 6.07) is 6.83. The molecule has 41 heavy (non-hydrogen) atoms. The molecule has 1 amide bonds. The summed E-state index contributed by atoms with van der Waals surface area (Å²) in [7, 11) is 2.10. The predicted octanol–water partition coefficient (Wildman–Crippen LogP) is 3.31. The van der Waals surface area contributed by atoms with Gasteiger partial charge in [0, 0.05) is 49.7 Å². The van der Waals surface area contributed by atoms with Gasteiger partial charge in [0.05, 0.1) is 35.3 Å². The number of aromatic nitrogens is 3. The number of fused-ring (bicyclic) bond motifs is 2. The van der Waals surface area contributed by atoms with Crippen LogP contribution in [0, 0.1) is 18.3 Å². The maximum atomic E-state index is 13.5. The fourth-order valence-corrected chi connectivity index (χ4v) is 6.48. The summed E-state index contributed by atoms with van der Waals surface area (Å²) in [5, 5.41) is 18.8. The molecule has 0 bridgehead atoms. The third kappa shape index (κ3) is 4.97. The number of pyridine rings is 1. The van der Waals surface area contributed by atoms with Gasteiger partial charge in [0.25, 0.3) is 5.91 Å². The van der Waals surface area contributed by atoms with Gasteiger partial charge in [0.2, 0.25) is 5.88 Å². The van der Waals surface area contributed by atoms with Crippen LogP contribution in [-0.2, 0) is 17.8 Å². The number of nitrogens with one attached hydrogen (secondary N) is 1. The Morgan fingerprint density at radius 3 is 2.71 bits per heavy atom. The zero-order valence-electron chi connectivity index (χ0n) is 23.6. The molecule has 0 saturated carbocycles. The number of ether oxygens (including phenoxy) is 1. The average molecular weight is 559 g/mol. The number of aromatic amines is 1. The normalized spacial score (nSPS) is 19.4.